The van der Waals surface area contributed by atoms with Gasteiger partial charge in [-0.05, 0) is 81.0 Å². The van der Waals surface area contributed by atoms with E-state index in [4.69, 9.17) is 0 Å². The molecule has 7 heteroatoms. The van der Waals surface area contributed by atoms with Gasteiger partial charge in [-0.15, -0.1) is 0 Å². The van der Waals surface area contributed by atoms with Gasteiger partial charge in [0.15, 0.2) is 0 Å². The van der Waals surface area contributed by atoms with Crippen LogP contribution >= 0.6 is 0 Å². The van der Waals surface area contributed by atoms with Gasteiger partial charge >= 0.3 is 17.8 Å². The summed E-state index contributed by atoms with van der Waals surface area (Å²) < 4.78 is 0. The van der Waals surface area contributed by atoms with E-state index in [0.717, 1.165) is 43.5 Å². The van der Waals surface area contributed by atoms with E-state index < -0.39 is 23.4 Å². The number of rotatable bonds is 3. The molecule has 0 radical (unpaired) electrons. The lowest BCUT2D eigenvalue weighted by Crippen LogP contribution is -2.62. The first-order chi connectivity index (χ1) is 14.9. The van der Waals surface area contributed by atoms with Crippen molar-refractivity contribution < 1.29 is 19.2 Å². The lowest BCUT2D eigenvalue weighted by atomic mass is 9.52. The van der Waals surface area contributed by atoms with E-state index >= 15 is 0 Å². The summed E-state index contributed by atoms with van der Waals surface area (Å²) in [6.45, 7) is 1.14. The van der Waals surface area contributed by atoms with Crippen molar-refractivity contribution in [1.82, 2.24) is 14.7 Å². The van der Waals surface area contributed by atoms with E-state index in [-0.39, 0.29) is 12.5 Å². The number of hydrogen-bond donors (Lipinski definition) is 0. The number of amides is 5. The van der Waals surface area contributed by atoms with Crippen LogP contribution in [0.5, 0.6) is 0 Å². The first kappa shape index (κ1) is 19.7. The summed E-state index contributed by atoms with van der Waals surface area (Å²) >= 11 is 0. The van der Waals surface area contributed by atoms with Gasteiger partial charge in [-0.2, -0.15) is 0 Å². The minimum atomic E-state index is -0.804. The monoisotopic (exact) mass is 427 g/mol. The number of imide groups is 2. The molecule has 0 aromatic rings. The standard InChI is InChI=1S/C24H33N3O4/c28-20(25-6-5-18-3-1-2-4-19(18)13-25)14-26-21(29)22(30)27(23(26)31)24-10-15-7-16(11-24)9-17(8-15)12-24/h15-19H,1-14H2/t15?,16?,17?,18-,19+,24?/m0/s1. The van der Waals surface area contributed by atoms with Gasteiger partial charge in [0.05, 0.1) is 5.54 Å². The Morgan fingerprint density at radius 3 is 2.10 bits per heavy atom. The molecule has 0 aromatic heterocycles. The fraction of sp³-hybridized carbons (Fsp3) is 0.833. The molecule has 2 heterocycles. The summed E-state index contributed by atoms with van der Waals surface area (Å²) in [7, 11) is 0. The Balaban J connectivity index is 1.17. The molecule has 0 aromatic carbocycles. The number of carbonyl (C=O) groups is 4. The average Bonchev–Trinajstić information content (AvgIpc) is 2.96. The van der Waals surface area contributed by atoms with Crippen LogP contribution in [0, 0.1) is 29.6 Å². The van der Waals surface area contributed by atoms with Crippen molar-refractivity contribution in [2.45, 2.75) is 76.2 Å². The maximum Gasteiger partial charge on any atom is 0.335 e. The Labute approximate surface area is 183 Å². The van der Waals surface area contributed by atoms with Crippen LogP contribution in [0.1, 0.15) is 70.6 Å². The van der Waals surface area contributed by atoms with Gasteiger partial charge in [0.1, 0.15) is 6.54 Å². The van der Waals surface area contributed by atoms with Crippen LogP contribution in [-0.2, 0) is 14.4 Å². The SMILES string of the molecule is O=C(CN1C(=O)C(=O)N(C23CC4CC(CC(C4)C2)C3)C1=O)N1CC[C@@H]2CCCC[C@@H]2C1. The van der Waals surface area contributed by atoms with Crippen LogP contribution in [0.4, 0.5) is 4.79 Å². The van der Waals surface area contributed by atoms with Crippen LogP contribution in [0.15, 0.2) is 0 Å². The van der Waals surface area contributed by atoms with Gasteiger partial charge in [-0.25, -0.2) is 14.6 Å². The minimum Gasteiger partial charge on any atom is -0.341 e. The van der Waals surface area contributed by atoms with E-state index in [0.29, 0.717) is 36.1 Å². The van der Waals surface area contributed by atoms with Crippen molar-refractivity contribution in [3.8, 4) is 0 Å². The highest BCUT2D eigenvalue weighted by Crippen LogP contribution is 2.58. The van der Waals surface area contributed by atoms with Crippen LogP contribution in [0.25, 0.3) is 0 Å². The van der Waals surface area contributed by atoms with Crippen molar-refractivity contribution >= 4 is 23.8 Å². The Morgan fingerprint density at radius 2 is 1.45 bits per heavy atom. The fourth-order valence-electron chi connectivity index (χ4n) is 8.46. The number of carbonyl (C=O) groups excluding carboxylic acids is 4. The molecule has 7 aliphatic rings. The predicted molar refractivity (Wildman–Crippen MR) is 112 cm³/mol. The first-order valence-corrected chi connectivity index (χ1v) is 12.4. The fourth-order valence-corrected chi connectivity index (χ4v) is 8.46. The minimum absolute atomic E-state index is 0.189. The second-order valence-corrected chi connectivity index (χ2v) is 11.4. The smallest absolute Gasteiger partial charge is 0.335 e. The van der Waals surface area contributed by atoms with E-state index in [1.54, 1.807) is 0 Å². The van der Waals surface area contributed by atoms with Gasteiger partial charge in [-0.1, -0.05) is 19.3 Å². The Morgan fingerprint density at radius 1 is 0.839 bits per heavy atom. The third-order valence-corrected chi connectivity index (χ3v) is 9.47. The summed E-state index contributed by atoms with van der Waals surface area (Å²) in [5, 5.41) is 0. The molecule has 0 spiro atoms. The molecule has 4 bridgehead atoms. The van der Waals surface area contributed by atoms with Crippen LogP contribution < -0.4 is 0 Å². The molecule has 0 N–H and O–H groups in total. The molecule has 7 fully saturated rings. The highest BCUT2D eigenvalue weighted by Gasteiger charge is 2.61. The number of fused-ring (bicyclic) bond motifs is 1. The quantitative estimate of drug-likeness (QED) is 0.513. The third-order valence-electron chi connectivity index (χ3n) is 9.47. The molecule has 168 valence electrons. The van der Waals surface area contributed by atoms with Crippen molar-refractivity contribution in [2.24, 2.45) is 29.6 Å². The van der Waals surface area contributed by atoms with Crippen molar-refractivity contribution in [3.05, 3.63) is 0 Å². The molecule has 0 unspecified atom stereocenters. The number of likely N-dealkylation sites (tertiary alicyclic amines) is 1. The lowest BCUT2D eigenvalue weighted by molar-refractivity contribution is -0.150. The van der Waals surface area contributed by atoms with Crippen LogP contribution in [-0.4, -0.2) is 63.6 Å². The summed E-state index contributed by atoms with van der Waals surface area (Å²) in [6, 6.07) is -0.544. The lowest BCUT2D eigenvalue weighted by Gasteiger charge is -2.58. The second-order valence-electron chi connectivity index (χ2n) is 11.4. The van der Waals surface area contributed by atoms with E-state index in [9.17, 15) is 19.2 Å². The van der Waals surface area contributed by atoms with Gasteiger partial charge in [0, 0.05) is 13.1 Å². The van der Waals surface area contributed by atoms with Gasteiger partial charge in [0.2, 0.25) is 5.91 Å². The van der Waals surface area contributed by atoms with Crippen LogP contribution in [0.2, 0.25) is 0 Å². The zero-order valence-electron chi connectivity index (χ0n) is 18.3. The molecule has 31 heavy (non-hydrogen) atoms. The first-order valence-electron chi connectivity index (χ1n) is 12.4. The average molecular weight is 428 g/mol. The molecule has 2 aliphatic heterocycles. The zero-order valence-corrected chi connectivity index (χ0v) is 18.3. The van der Waals surface area contributed by atoms with Crippen molar-refractivity contribution in [3.63, 3.8) is 0 Å². The molecule has 5 saturated carbocycles. The highest BCUT2D eigenvalue weighted by atomic mass is 16.2. The summed E-state index contributed by atoms with van der Waals surface area (Å²) in [5.74, 6) is 1.25. The van der Waals surface area contributed by atoms with E-state index in [1.807, 2.05) is 4.90 Å². The second kappa shape index (κ2) is 7.04. The maximum absolute atomic E-state index is 13.3. The normalized spacial score (nSPS) is 41.9. The molecule has 7 rings (SSSR count). The van der Waals surface area contributed by atoms with Gasteiger partial charge in [-0.3, -0.25) is 14.4 Å². The van der Waals surface area contributed by atoms with E-state index in [1.165, 1.54) is 43.4 Å². The molecular weight excluding hydrogens is 394 g/mol. The Hall–Kier alpha value is -1.92. The molecule has 2 atom stereocenters. The van der Waals surface area contributed by atoms with Crippen molar-refractivity contribution in [2.75, 3.05) is 19.6 Å². The Bertz CT molecular complexity index is 803. The van der Waals surface area contributed by atoms with Gasteiger partial charge < -0.3 is 4.90 Å². The third kappa shape index (κ3) is 3.05. The molecule has 2 saturated heterocycles. The molecule has 7 nitrogen and oxygen atoms in total. The number of nitrogens with zero attached hydrogens (tertiary/aromatic N) is 3. The molecule has 5 amide bonds. The number of hydrogen-bond acceptors (Lipinski definition) is 4. The van der Waals surface area contributed by atoms with E-state index in [2.05, 4.69) is 0 Å². The summed E-state index contributed by atoms with van der Waals surface area (Å²) in [6.07, 6.45) is 12.0. The number of urea groups is 1. The summed E-state index contributed by atoms with van der Waals surface area (Å²) in [4.78, 5) is 56.2. The van der Waals surface area contributed by atoms with Gasteiger partial charge in [0.25, 0.3) is 0 Å². The predicted octanol–water partition coefficient (Wildman–Crippen LogP) is 2.78. The summed E-state index contributed by atoms with van der Waals surface area (Å²) in [5.41, 5.74) is -0.489. The zero-order chi connectivity index (χ0) is 21.3. The molecule has 5 aliphatic carbocycles. The highest BCUT2D eigenvalue weighted by molar-refractivity contribution is 6.45. The Kier molecular flexibility index (Phi) is 4.48. The van der Waals surface area contributed by atoms with Crippen LogP contribution in [0.3, 0.4) is 0 Å². The largest absolute Gasteiger partial charge is 0.341 e. The topological polar surface area (TPSA) is 78.0 Å². The maximum atomic E-state index is 13.3. The molecular formula is C24H33N3O4. The number of piperidine rings is 1. The van der Waals surface area contributed by atoms with Crippen molar-refractivity contribution in [1.29, 1.82) is 0 Å².